The molecule has 0 unspecified atom stereocenters. The molecule has 0 bridgehead atoms. The maximum absolute atomic E-state index is 6.60. The van der Waals surface area contributed by atoms with Crippen molar-refractivity contribution in [2.24, 2.45) is 0 Å². The molecule has 0 N–H and O–H groups in total. The van der Waals surface area contributed by atoms with Crippen LogP contribution in [0, 0.1) is 0 Å². The van der Waals surface area contributed by atoms with Crippen LogP contribution in [0.1, 0.15) is 0 Å². The third-order valence-electron chi connectivity index (χ3n) is 10.6. The van der Waals surface area contributed by atoms with Crippen LogP contribution in [0.5, 0.6) is 0 Å². The normalized spacial score (nSPS) is 12.0. The van der Waals surface area contributed by atoms with Gasteiger partial charge in [-0.1, -0.05) is 146 Å². The van der Waals surface area contributed by atoms with Crippen LogP contribution in [0.2, 0.25) is 0 Å². The van der Waals surface area contributed by atoms with Crippen molar-refractivity contribution in [3.63, 3.8) is 0 Å². The van der Waals surface area contributed by atoms with Crippen LogP contribution in [0.4, 0.5) is 0 Å². The number of hydrogen-bond acceptors (Lipinski definition) is 1. The van der Waals surface area contributed by atoms with E-state index in [-0.39, 0.29) is 0 Å². The molecule has 0 radical (unpaired) electrons. The zero-order valence-electron chi connectivity index (χ0n) is 27.1. The highest BCUT2D eigenvalue weighted by atomic mass is 16.3. The maximum Gasteiger partial charge on any atom is 0.143 e. The van der Waals surface area contributed by atoms with Crippen LogP contribution < -0.4 is 0 Å². The van der Waals surface area contributed by atoms with E-state index in [2.05, 4.69) is 174 Å². The van der Waals surface area contributed by atoms with Gasteiger partial charge in [0.05, 0.1) is 11.0 Å². The standard InChI is InChI=1S/C48H29NO/c1-2-13-30(14-3-1)31-25-27-32(28-26-31)49-43-23-10-8-20-40(43)46-45-36-18-6-4-15-33(36)41(29-42(45)34-16-5-7-19-37(34)47(46)49)39-22-12-21-38-35-17-9-11-24-44(35)50-48(38)39/h1-29H. The van der Waals surface area contributed by atoms with Crippen molar-refractivity contribution >= 4 is 76.1 Å². The van der Waals surface area contributed by atoms with Crippen LogP contribution in [0.3, 0.4) is 0 Å². The Morgan fingerprint density at radius 2 is 0.980 bits per heavy atom. The number of nitrogens with zero attached hydrogens (tertiary/aromatic N) is 1. The van der Waals surface area contributed by atoms with Gasteiger partial charge in [0.15, 0.2) is 0 Å². The summed E-state index contributed by atoms with van der Waals surface area (Å²) in [6.45, 7) is 0. The number of fused-ring (bicyclic) bond motifs is 13. The highest BCUT2D eigenvalue weighted by molar-refractivity contribution is 6.38. The molecule has 50 heavy (non-hydrogen) atoms. The fourth-order valence-electron chi connectivity index (χ4n) is 8.41. The topological polar surface area (TPSA) is 18.1 Å². The van der Waals surface area contributed by atoms with E-state index in [0.29, 0.717) is 0 Å². The monoisotopic (exact) mass is 635 g/mol. The Hall–Kier alpha value is -6.64. The number of hydrogen-bond donors (Lipinski definition) is 0. The Kier molecular flexibility index (Phi) is 5.70. The molecule has 0 saturated heterocycles. The van der Waals surface area contributed by atoms with Gasteiger partial charge in [-0.2, -0.15) is 0 Å². The molecule has 0 atom stereocenters. The average Bonchev–Trinajstić information content (AvgIpc) is 3.75. The van der Waals surface area contributed by atoms with Gasteiger partial charge >= 0.3 is 0 Å². The van der Waals surface area contributed by atoms with E-state index in [1.807, 2.05) is 6.07 Å². The van der Waals surface area contributed by atoms with Gasteiger partial charge in [-0.05, 0) is 68.6 Å². The number of aromatic nitrogens is 1. The van der Waals surface area contributed by atoms with Crippen LogP contribution in [-0.4, -0.2) is 4.57 Å². The number of benzene rings is 9. The fourth-order valence-corrected chi connectivity index (χ4v) is 8.41. The van der Waals surface area contributed by atoms with E-state index >= 15 is 0 Å². The second-order valence-electron chi connectivity index (χ2n) is 13.2. The minimum absolute atomic E-state index is 0.914. The van der Waals surface area contributed by atoms with Gasteiger partial charge in [0.25, 0.3) is 0 Å². The number of para-hydroxylation sites is 3. The van der Waals surface area contributed by atoms with E-state index in [1.165, 1.54) is 70.8 Å². The Morgan fingerprint density at radius 1 is 0.360 bits per heavy atom. The van der Waals surface area contributed by atoms with Gasteiger partial charge < -0.3 is 8.98 Å². The lowest BCUT2D eigenvalue weighted by atomic mass is 9.88. The second kappa shape index (κ2) is 10.4. The lowest BCUT2D eigenvalue weighted by Crippen LogP contribution is -1.95. The summed E-state index contributed by atoms with van der Waals surface area (Å²) in [5.74, 6) is 0. The lowest BCUT2D eigenvalue weighted by Gasteiger charge is -2.16. The smallest absolute Gasteiger partial charge is 0.143 e. The van der Waals surface area contributed by atoms with Crippen molar-refractivity contribution in [3.05, 3.63) is 176 Å². The number of rotatable bonds is 3. The molecule has 9 aromatic carbocycles. The van der Waals surface area contributed by atoms with Gasteiger partial charge in [0.1, 0.15) is 11.2 Å². The predicted molar refractivity (Wildman–Crippen MR) is 211 cm³/mol. The van der Waals surface area contributed by atoms with Gasteiger partial charge in [-0.25, -0.2) is 0 Å². The first-order valence-electron chi connectivity index (χ1n) is 17.2. The SMILES string of the molecule is c1ccc(-c2ccc(-n3c4ccccc4c4c5c6ccccc6c(-c6cccc7c6oc6ccccc67)cc5c5ccccc5c43)cc2)cc1. The summed E-state index contributed by atoms with van der Waals surface area (Å²) < 4.78 is 9.07. The van der Waals surface area contributed by atoms with Crippen molar-refractivity contribution in [2.75, 3.05) is 0 Å². The van der Waals surface area contributed by atoms with Crippen LogP contribution in [0.15, 0.2) is 180 Å². The summed E-state index contributed by atoms with van der Waals surface area (Å²) in [5, 5.41) is 12.3. The molecule has 11 aromatic rings. The summed E-state index contributed by atoms with van der Waals surface area (Å²) >= 11 is 0. The van der Waals surface area contributed by atoms with Gasteiger partial charge in [-0.3, -0.25) is 0 Å². The quantitative estimate of drug-likeness (QED) is 0.177. The third-order valence-corrected chi connectivity index (χ3v) is 10.6. The van der Waals surface area contributed by atoms with Crippen molar-refractivity contribution in [1.29, 1.82) is 0 Å². The molecule has 0 amide bonds. The highest BCUT2D eigenvalue weighted by Gasteiger charge is 2.22. The van der Waals surface area contributed by atoms with E-state index in [9.17, 15) is 0 Å². The second-order valence-corrected chi connectivity index (χ2v) is 13.2. The molecule has 0 fully saturated rings. The first kappa shape index (κ1) is 27.3. The average molecular weight is 636 g/mol. The summed E-state index contributed by atoms with van der Waals surface area (Å²) in [6, 6.07) is 63.6. The first-order valence-corrected chi connectivity index (χ1v) is 17.2. The molecular weight excluding hydrogens is 607 g/mol. The van der Waals surface area contributed by atoms with Crippen molar-refractivity contribution in [3.8, 4) is 27.9 Å². The third kappa shape index (κ3) is 3.79. The van der Waals surface area contributed by atoms with Gasteiger partial charge in [-0.15, -0.1) is 0 Å². The molecule has 2 heteroatoms. The predicted octanol–water partition coefficient (Wildman–Crippen LogP) is 13.5. The molecule has 0 aliphatic carbocycles. The van der Waals surface area contributed by atoms with Crippen molar-refractivity contribution < 1.29 is 4.42 Å². The minimum Gasteiger partial charge on any atom is -0.455 e. The molecule has 232 valence electrons. The Labute approximate surface area is 288 Å². The zero-order chi connectivity index (χ0) is 32.8. The zero-order valence-corrected chi connectivity index (χ0v) is 27.1. The van der Waals surface area contributed by atoms with E-state index in [4.69, 9.17) is 4.42 Å². The van der Waals surface area contributed by atoms with Crippen LogP contribution >= 0.6 is 0 Å². The molecule has 2 heterocycles. The summed E-state index contributed by atoms with van der Waals surface area (Å²) in [5.41, 5.74) is 10.2. The molecule has 2 aromatic heterocycles. The van der Waals surface area contributed by atoms with Crippen molar-refractivity contribution in [2.45, 2.75) is 0 Å². The van der Waals surface area contributed by atoms with Crippen LogP contribution in [-0.2, 0) is 0 Å². The van der Waals surface area contributed by atoms with Crippen LogP contribution in [0.25, 0.3) is 104 Å². The Balaban J connectivity index is 1.29. The molecule has 0 aliphatic heterocycles. The van der Waals surface area contributed by atoms with Crippen molar-refractivity contribution in [1.82, 2.24) is 4.57 Å². The fraction of sp³-hybridized carbons (Fsp3) is 0. The molecule has 2 nitrogen and oxygen atoms in total. The lowest BCUT2D eigenvalue weighted by molar-refractivity contribution is 0.670. The Bertz CT molecular complexity index is 3130. The van der Waals surface area contributed by atoms with Gasteiger partial charge in [0.2, 0.25) is 0 Å². The van der Waals surface area contributed by atoms with E-state index in [0.717, 1.165) is 33.2 Å². The Morgan fingerprint density at radius 3 is 1.80 bits per heavy atom. The summed E-state index contributed by atoms with van der Waals surface area (Å²) in [7, 11) is 0. The molecule has 0 spiro atoms. The van der Waals surface area contributed by atoms with E-state index in [1.54, 1.807) is 0 Å². The summed E-state index contributed by atoms with van der Waals surface area (Å²) in [6.07, 6.45) is 0. The first-order chi connectivity index (χ1) is 24.8. The molecule has 0 saturated carbocycles. The molecule has 11 rings (SSSR count). The number of furan rings is 1. The summed E-state index contributed by atoms with van der Waals surface area (Å²) in [4.78, 5) is 0. The molecular formula is C48H29NO. The highest BCUT2D eigenvalue weighted by Crippen LogP contribution is 2.48. The minimum atomic E-state index is 0.914. The van der Waals surface area contributed by atoms with Gasteiger partial charge in [0, 0.05) is 43.6 Å². The maximum atomic E-state index is 6.60. The molecule has 0 aliphatic rings. The van der Waals surface area contributed by atoms with E-state index < -0.39 is 0 Å². The largest absolute Gasteiger partial charge is 0.455 e.